The molecule has 1 aromatic heterocycles. The van der Waals surface area contributed by atoms with E-state index in [-0.39, 0.29) is 17.6 Å². The summed E-state index contributed by atoms with van der Waals surface area (Å²) in [6.07, 6.45) is 1.31. The van der Waals surface area contributed by atoms with Crippen molar-refractivity contribution in [2.75, 3.05) is 6.26 Å². The Balaban J connectivity index is 1.83. The van der Waals surface area contributed by atoms with Gasteiger partial charge in [-0.1, -0.05) is 35.9 Å². The second-order valence-electron chi connectivity index (χ2n) is 6.63. The minimum Gasteiger partial charge on any atom is -0.279 e. The molecule has 0 unspecified atom stereocenters. The fourth-order valence-electron chi connectivity index (χ4n) is 2.59. The van der Waals surface area contributed by atoms with Crippen LogP contribution in [0.3, 0.4) is 0 Å². The maximum absolute atomic E-state index is 13.4. The zero-order valence-corrected chi connectivity index (χ0v) is 16.6. The van der Waals surface area contributed by atoms with E-state index in [2.05, 4.69) is 15.2 Å². The van der Waals surface area contributed by atoms with Crippen LogP contribution in [0.25, 0.3) is 0 Å². The molecule has 0 bridgehead atoms. The number of benzene rings is 2. The van der Waals surface area contributed by atoms with Crippen molar-refractivity contribution in [1.82, 2.24) is 10.2 Å². The number of hydrogen-bond donors (Lipinski definition) is 1. The van der Waals surface area contributed by atoms with Gasteiger partial charge in [0, 0.05) is 17.7 Å². The molecule has 0 fully saturated rings. The highest BCUT2D eigenvalue weighted by molar-refractivity contribution is 8.49. The summed E-state index contributed by atoms with van der Waals surface area (Å²) in [5.41, 5.74) is 1.92. The Morgan fingerprint density at radius 1 is 1.17 bits per heavy atom. The van der Waals surface area contributed by atoms with Gasteiger partial charge in [0.25, 0.3) is 0 Å². The topological polar surface area (TPSA) is 64.8 Å². The molecule has 0 saturated carbocycles. The molecule has 29 heavy (non-hydrogen) atoms. The minimum atomic E-state index is -8.22. The maximum Gasteiger partial charge on any atom is 0.191 e. The summed E-state index contributed by atoms with van der Waals surface area (Å²) < 4.78 is 53.6. The van der Waals surface area contributed by atoms with E-state index in [4.69, 9.17) is 11.6 Å². The average molecular weight is 443 g/mol. The molecule has 10 heteroatoms. The number of aliphatic imine (C=N–C) groups is 1. The summed E-state index contributed by atoms with van der Waals surface area (Å²) >= 11 is 5.96. The number of rotatable bonds is 5. The van der Waals surface area contributed by atoms with Crippen LogP contribution in [0.2, 0.25) is 5.02 Å². The molecule has 0 radical (unpaired) electrons. The van der Waals surface area contributed by atoms with Crippen molar-refractivity contribution < 1.29 is 15.5 Å². The Labute approximate surface area is 169 Å². The molecule has 0 aliphatic rings. The standard InChI is InChI=1S/C19H15ClF4N4S/c1-29(21,22,23,24)16-7-5-13(6-8-16)12-26-19-17(11-25)18(27-28-19)10-14-3-2-4-15(20)9-14/h2-9,12H,10H2,1H3,(H,27,28). The Morgan fingerprint density at radius 2 is 1.86 bits per heavy atom. The zero-order chi connectivity index (χ0) is 21.3. The predicted octanol–water partition coefficient (Wildman–Crippen LogP) is 6.68. The first-order chi connectivity index (χ1) is 13.4. The summed E-state index contributed by atoms with van der Waals surface area (Å²) in [5, 5.41) is 16.7. The van der Waals surface area contributed by atoms with Gasteiger partial charge >= 0.3 is 0 Å². The number of nitrogens with zero attached hydrogens (tertiary/aromatic N) is 3. The van der Waals surface area contributed by atoms with Crippen molar-refractivity contribution in [3.8, 4) is 6.07 Å². The lowest BCUT2D eigenvalue weighted by Crippen LogP contribution is -2.10. The lowest BCUT2D eigenvalue weighted by atomic mass is 10.1. The SMILES string of the molecule is CS(F)(F)(F)(F)c1ccc(C=Nc2n[nH]c(Cc3cccc(Cl)c3)c2C#N)cc1. The minimum absolute atomic E-state index is 0.103. The van der Waals surface area contributed by atoms with Crippen LogP contribution in [-0.2, 0) is 6.42 Å². The van der Waals surface area contributed by atoms with Crippen molar-refractivity contribution in [1.29, 1.82) is 5.26 Å². The Kier molecular flexibility index (Phi) is 4.76. The van der Waals surface area contributed by atoms with Crippen LogP contribution in [-0.4, -0.2) is 22.7 Å². The molecule has 152 valence electrons. The van der Waals surface area contributed by atoms with Crippen molar-refractivity contribution in [2.45, 2.75) is 11.3 Å². The Bertz CT molecular complexity index is 1130. The second-order valence-corrected chi connectivity index (χ2v) is 10.5. The fourth-order valence-corrected chi connectivity index (χ4v) is 3.62. The van der Waals surface area contributed by atoms with E-state index < -0.39 is 14.7 Å². The van der Waals surface area contributed by atoms with Gasteiger partial charge in [0.05, 0.1) is 16.8 Å². The first kappa shape index (κ1) is 20.9. The Hall–Kier alpha value is -2.83. The van der Waals surface area contributed by atoms with E-state index >= 15 is 0 Å². The van der Waals surface area contributed by atoms with Crippen LogP contribution >= 0.6 is 21.4 Å². The van der Waals surface area contributed by atoms with E-state index in [9.17, 15) is 20.8 Å². The lowest BCUT2D eigenvalue weighted by molar-refractivity contribution is 0.458. The van der Waals surface area contributed by atoms with Crippen LogP contribution in [0, 0.1) is 11.3 Å². The molecule has 0 saturated heterocycles. The van der Waals surface area contributed by atoms with Gasteiger partial charge in [0.1, 0.15) is 11.6 Å². The first-order valence-electron chi connectivity index (χ1n) is 8.21. The zero-order valence-electron chi connectivity index (χ0n) is 15.0. The largest absolute Gasteiger partial charge is 0.279 e. The van der Waals surface area contributed by atoms with Gasteiger partial charge in [-0.15, -0.1) is 15.5 Å². The maximum atomic E-state index is 13.4. The van der Waals surface area contributed by atoms with Crippen molar-refractivity contribution in [3.05, 3.63) is 75.9 Å². The highest BCUT2D eigenvalue weighted by Gasteiger charge is 2.59. The second kappa shape index (κ2) is 6.61. The quantitative estimate of drug-likeness (QED) is 0.354. The predicted molar refractivity (Wildman–Crippen MR) is 107 cm³/mol. The molecule has 3 aromatic rings. The molecule has 0 amide bonds. The molecule has 0 aliphatic carbocycles. The van der Waals surface area contributed by atoms with Crippen LogP contribution in [0.5, 0.6) is 0 Å². The van der Waals surface area contributed by atoms with Gasteiger partial charge < -0.3 is 0 Å². The summed E-state index contributed by atoms with van der Waals surface area (Å²) in [6, 6.07) is 12.7. The monoisotopic (exact) mass is 442 g/mol. The van der Waals surface area contributed by atoms with Gasteiger partial charge in [-0.3, -0.25) is 5.10 Å². The van der Waals surface area contributed by atoms with E-state index in [0.29, 0.717) is 34.8 Å². The number of hydrogen-bond acceptors (Lipinski definition) is 3. The summed E-state index contributed by atoms with van der Waals surface area (Å²) in [7, 11) is -8.22. The summed E-state index contributed by atoms with van der Waals surface area (Å²) in [5.74, 6) is 0.103. The van der Waals surface area contributed by atoms with Gasteiger partial charge in [-0.2, -0.15) is 10.4 Å². The summed E-state index contributed by atoms with van der Waals surface area (Å²) in [6.45, 7) is 0. The smallest absolute Gasteiger partial charge is 0.191 e. The third-order valence-electron chi connectivity index (χ3n) is 4.01. The molecular weight excluding hydrogens is 428 g/mol. The van der Waals surface area contributed by atoms with E-state index in [1.54, 1.807) is 18.2 Å². The van der Waals surface area contributed by atoms with E-state index in [1.807, 2.05) is 12.1 Å². The normalized spacial score (nSPS) is 14.4. The molecule has 0 atom stereocenters. The molecule has 4 nitrogen and oxygen atoms in total. The number of halogens is 5. The van der Waals surface area contributed by atoms with E-state index in [1.165, 1.54) is 6.21 Å². The highest BCUT2D eigenvalue weighted by Crippen LogP contribution is 2.98. The number of aromatic nitrogens is 2. The van der Waals surface area contributed by atoms with Crippen LogP contribution in [0.1, 0.15) is 22.4 Å². The van der Waals surface area contributed by atoms with E-state index in [0.717, 1.165) is 17.7 Å². The van der Waals surface area contributed by atoms with Crippen molar-refractivity contribution >= 4 is 33.5 Å². The third kappa shape index (κ3) is 5.16. The summed E-state index contributed by atoms with van der Waals surface area (Å²) in [4.78, 5) is 2.76. The van der Waals surface area contributed by atoms with Crippen LogP contribution in [0.4, 0.5) is 21.4 Å². The lowest BCUT2D eigenvalue weighted by Gasteiger charge is -2.46. The molecule has 0 aliphatic heterocycles. The van der Waals surface area contributed by atoms with Crippen LogP contribution < -0.4 is 0 Å². The highest BCUT2D eigenvalue weighted by atomic mass is 35.5. The molecule has 3 rings (SSSR count). The van der Waals surface area contributed by atoms with Gasteiger partial charge in [0.15, 0.2) is 15.7 Å². The average Bonchev–Trinajstić information content (AvgIpc) is 3.00. The number of nitriles is 1. The molecule has 1 N–H and O–H groups in total. The van der Waals surface area contributed by atoms with Gasteiger partial charge in [-0.25, -0.2) is 4.99 Å². The molecule has 1 heterocycles. The number of H-pyrrole nitrogens is 1. The van der Waals surface area contributed by atoms with Crippen molar-refractivity contribution in [3.63, 3.8) is 0 Å². The van der Waals surface area contributed by atoms with Gasteiger partial charge in [0.2, 0.25) is 0 Å². The third-order valence-corrected chi connectivity index (χ3v) is 5.70. The van der Waals surface area contributed by atoms with Gasteiger partial charge in [-0.05, 0) is 35.4 Å². The van der Waals surface area contributed by atoms with Crippen molar-refractivity contribution in [2.24, 2.45) is 4.99 Å². The number of nitrogens with one attached hydrogen (secondary N) is 1. The molecule has 2 aromatic carbocycles. The number of aromatic amines is 1. The molecular formula is C19H15ClF4N4S. The fraction of sp³-hybridized carbons (Fsp3) is 0.105. The molecule has 0 spiro atoms. The van der Waals surface area contributed by atoms with Crippen LogP contribution in [0.15, 0.2) is 58.4 Å². The Morgan fingerprint density at radius 3 is 2.45 bits per heavy atom. The first-order valence-corrected chi connectivity index (χ1v) is 11.0.